The van der Waals surface area contributed by atoms with Crippen LogP contribution in [0.4, 0.5) is 0 Å². The predicted octanol–water partition coefficient (Wildman–Crippen LogP) is 2.00. The molecule has 0 amide bonds. The minimum Gasteiger partial charge on any atom is -0.496 e. The number of aliphatic hydroxyl groups is 1. The number of ether oxygens (including phenoxy) is 1. The van der Waals surface area contributed by atoms with E-state index in [9.17, 15) is 0 Å². The van der Waals surface area contributed by atoms with Gasteiger partial charge in [0.1, 0.15) is 11.6 Å². The Labute approximate surface area is 106 Å². The SMILES string of the molecule is COc1ccc(-c2ccnc(CCO)n2)cc1C. The quantitative estimate of drug-likeness (QED) is 0.893. The summed E-state index contributed by atoms with van der Waals surface area (Å²) in [6.07, 6.45) is 2.19. The molecule has 2 rings (SSSR count). The van der Waals surface area contributed by atoms with E-state index in [-0.39, 0.29) is 6.61 Å². The van der Waals surface area contributed by atoms with Crippen molar-refractivity contribution < 1.29 is 9.84 Å². The van der Waals surface area contributed by atoms with Crippen LogP contribution in [-0.2, 0) is 6.42 Å². The van der Waals surface area contributed by atoms with Crippen LogP contribution in [0.25, 0.3) is 11.3 Å². The number of aromatic nitrogens is 2. The van der Waals surface area contributed by atoms with Crippen molar-refractivity contribution in [3.63, 3.8) is 0 Å². The number of hydrogen-bond acceptors (Lipinski definition) is 4. The molecule has 18 heavy (non-hydrogen) atoms. The van der Waals surface area contributed by atoms with Crippen LogP contribution in [0.5, 0.6) is 5.75 Å². The third-order valence-electron chi connectivity index (χ3n) is 2.73. The summed E-state index contributed by atoms with van der Waals surface area (Å²) in [6.45, 7) is 2.06. The number of benzene rings is 1. The summed E-state index contributed by atoms with van der Waals surface area (Å²) in [5, 5.41) is 8.90. The van der Waals surface area contributed by atoms with E-state index < -0.39 is 0 Å². The van der Waals surface area contributed by atoms with Gasteiger partial charge in [-0.3, -0.25) is 0 Å². The fourth-order valence-electron chi connectivity index (χ4n) is 1.82. The van der Waals surface area contributed by atoms with Crippen LogP contribution in [0.3, 0.4) is 0 Å². The van der Waals surface area contributed by atoms with Crippen LogP contribution in [0.2, 0.25) is 0 Å². The number of methoxy groups -OCH3 is 1. The van der Waals surface area contributed by atoms with Gasteiger partial charge >= 0.3 is 0 Å². The number of hydrogen-bond donors (Lipinski definition) is 1. The lowest BCUT2D eigenvalue weighted by molar-refractivity contribution is 0.296. The van der Waals surface area contributed by atoms with Gasteiger partial charge in [-0.05, 0) is 36.8 Å². The summed E-state index contributed by atoms with van der Waals surface area (Å²) >= 11 is 0. The van der Waals surface area contributed by atoms with Crippen LogP contribution in [0.1, 0.15) is 11.4 Å². The van der Waals surface area contributed by atoms with Gasteiger partial charge in [0, 0.05) is 18.2 Å². The Morgan fingerprint density at radius 3 is 2.78 bits per heavy atom. The number of nitrogens with zero attached hydrogens (tertiary/aromatic N) is 2. The Bertz CT molecular complexity index is 541. The Kier molecular flexibility index (Phi) is 3.89. The maximum Gasteiger partial charge on any atom is 0.131 e. The summed E-state index contributed by atoms with van der Waals surface area (Å²) in [5.41, 5.74) is 2.95. The molecule has 0 unspecified atom stereocenters. The zero-order chi connectivity index (χ0) is 13.0. The molecule has 0 fully saturated rings. The molecular weight excluding hydrogens is 228 g/mol. The van der Waals surface area contributed by atoms with Crippen LogP contribution in [0, 0.1) is 6.92 Å². The zero-order valence-corrected chi connectivity index (χ0v) is 10.6. The van der Waals surface area contributed by atoms with Gasteiger partial charge in [-0.25, -0.2) is 9.97 Å². The van der Waals surface area contributed by atoms with Crippen molar-refractivity contribution in [2.75, 3.05) is 13.7 Å². The van der Waals surface area contributed by atoms with E-state index in [2.05, 4.69) is 9.97 Å². The second kappa shape index (κ2) is 5.60. The Morgan fingerprint density at radius 2 is 2.11 bits per heavy atom. The summed E-state index contributed by atoms with van der Waals surface area (Å²) in [4.78, 5) is 8.53. The molecule has 0 spiro atoms. The molecule has 0 saturated heterocycles. The molecule has 0 aliphatic carbocycles. The second-order valence-electron chi connectivity index (χ2n) is 4.02. The molecule has 0 aliphatic heterocycles. The van der Waals surface area contributed by atoms with E-state index in [0.717, 1.165) is 22.6 Å². The van der Waals surface area contributed by atoms with Crippen LogP contribution in [-0.4, -0.2) is 28.8 Å². The van der Waals surface area contributed by atoms with Crippen molar-refractivity contribution in [3.8, 4) is 17.0 Å². The molecule has 0 bridgehead atoms. The van der Waals surface area contributed by atoms with E-state index in [0.29, 0.717) is 12.2 Å². The molecule has 1 aromatic carbocycles. The van der Waals surface area contributed by atoms with Crippen molar-refractivity contribution >= 4 is 0 Å². The molecule has 2 aromatic rings. The highest BCUT2D eigenvalue weighted by Gasteiger charge is 2.05. The lowest BCUT2D eigenvalue weighted by Gasteiger charge is -2.07. The van der Waals surface area contributed by atoms with Crippen molar-refractivity contribution in [3.05, 3.63) is 41.9 Å². The molecule has 94 valence electrons. The van der Waals surface area contributed by atoms with Crippen molar-refractivity contribution in [2.24, 2.45) is 0 Å². The molecule has 1 aromatic heterocycles. The normalized spacial score (nSPS) is 10.4. The van der Waals surface area contributed by atoms with Crippen LogP contribution < -0.4 is 4.74 Å². The van der Waals surface area contributed by atoms with E-state index in [1.807, 2.05) is 31.2 Å². The minimum absolute atomic E-state index is 0.0606. The third kappa shape index (κ3) is 2.65. The highest BCUT2D eigenvalue weighted by Crippen LogP contribution is 2.24. The average Bonchev–Trinajstić information content (AvgIpc) is 2.39. The van der Waals surface area contributed by atoms with Gasteiger partial charge in [-0.1, -0.05) is 0 Å². The largest absolute Gasteiger partial charge is 0.496 e. The molecular formula is C14H16N2O2. The summed E-state index contributed by atoms with van der Waals surface area (Å²) in [7, 11) is 1.66. The molecule has 0 atom stereocenters. The lowest BCUT2D eigenvalue weighted by Crippen LogP contribution is -1.99. The first-order valence-electron chi connectivity index (χ1n) is 5.82. The topological polar surface area (TPSA) is 55.2 Å². The van der Waals surface area contributed by atoms with Gasteiger partial charge in [0.25, 0.3) is 0 Å². The van der Waals surface area contributed by atoms with Crippen LogP contribution in [0.15, 0.2) is 30.5 Å². The molecule has 1 heterocycles. The highest BCUT2D eigenvalue weighted by atomic mass is 16.5. The number of aliphatic hydroxyl groups excluding tert-OH is 1. The van der Waals surface area contributed by atoms with Crippen molar-refractivity contribution in [1.29, 1.82) is 0 Å². The molecule has 4 heteroatoms. The molecule has 1 N–H and O–H groups in total. The molecule has 0 radical (unpaired) electrons. The standard InChI is InChI=1S/C14H16N2O2/c1-10-9-11(3-4-13(10)18-2)12-5-7-15-14(16-12)6-8-17/h3-5,7,9,17H,6,8H2,1-2H3. The van der Waals surface area contributed by atoms with E-state index in [1.54, 1.807) is 13.3 Å². The number of rotatable bonds is 4. The van der Waals surface area contributed by atoms with Crippen LogP contribution >= 0.6 is 0 Å². The maximum atomic E-state index is 8.90. The second-order valence-corrected chi connectivity index (χ2v) is 4.02. The first-order chi connectivity index (χ1) is 8.74. The van der Waals surface area contributed by atoms with Gasteiger partial charge in [0.15, 0.2) is 0 Å². The van der Waals surface area contributed by atoms with E-state index in [1.165, 1.54) is 0 Å². The van der Waals surface area contributed by atoms with Gasteiger partial charge in [-0.15, -0.1) is 0 Å². The predicted molar refractivity (Wildman–Crippen MR) is 69.5 cm³/mol. The van der Waals surface area contributed by atoms with E-state index >= 15 is 0 Å². The Morgan fingerprint density at radius 1 is 1.28 bits per heavy atom. The molecule has 0 aliphatic rings. The van der Waals surface area contributed by atoms with E-state index in [4.69, 9.17) is 9.84 Å². The monoisotopic (exact) mass is 244 g/mol. The van der Waals surface area contributed by atoms with Gasteiger partial charge in [-0.2, -0.15) is 0 Å². The molecule has 4 nitrogen and oxygen atoms in total. The Balaban J connectivity index is 2.36. The van der Waals surface area contributed by atoms with Gasteiger partial charge in [0.2, 0.25) is 0 Å². The fraction of sp³-hybridized carbons (Fsp3) is 0.286. The van der Waals surface area contributed by atoms with Crippen molar-refractivity contribution in [2.45, 2.75) is 13.3 Å². The fourth-order valence-corrected chi connectivity index (χ4v) is 1.82. The van der Waals surface area contributed by atoms with Gasteiger partial charge in [0.05, 0.1) is 19.4 Å². The Hall–Kier alpha value is -1.94. The zero-order valence-electron chi connectivity index (χ0n) is 10.6. The average molecular weight is 244 g/mol. The summed E-state index contributed by atoms with van der Waals surface area (Å²) < 4.78 is 5.23. The summed E-state index contributed by atoms with van der Waals surface area (Å²) in [5.74, 6) is 1.52. The smallest absolute Gasteiger partial charge is 0.131 e. The van der Waals surface area contributed by atoms with Gasteiger partial charge < -0.3 is 9.84 Å². The first-order valence-corrected chi connectivity index (χ1v) is 5.82. The maximum absolute atomic E-state index is 8.90. The van der Waals surface area contributed by atoms with Crippen molar-refractivity contribution in [1.82, 2.24) is 9.97 Å². The molecule has 0 saturated carbocycles. The summed E-state index contributed by atoms with van der Waals surface area (Å²) in [6, 6.07) is 7.79. The number of aryl methyl sites for hydroxylation is 1. The third-order valence-corrected chi connectivity index (χ3v) is 2.73. The minimum atomic E-state index is 0.0606. The highest BCUT2D eigenvalue weighted by molar-refractivity contribution is 5.61. The lowest BCUT2D eigenvalue weighted by atomic mass is 10.1. The first kappa shape index (κ1) is 12.5.